The fraction of sp³-hybridized carbons (Fsp3) is 0.273. The lowest BCUT2D eigenvalue weighted by molar-refractivity contribution is -0.112. The summed E-state index contributed by atoms with van der Waals surface area (Å²) in [6, 6.07) is 14.0. The zero-order valence-corrected chi connectivity index (χ0v) is 16.8. The lowest BCUT2D eigenvalue weighted by Crippen LogP contribution is -2.13. The maximum Gasteiger partial charge on any atom is 0.266 e. The van der Waals surface area contributed by atoms with Crippen molar-refractivity contribution in [1.82, 2.24) is 0 Å². The summed E-state index contributed by atoms with van der Waals surface area (Å²) < 4.78 is 11.4. The normalized spacial score (nSPS) is 10.9. The van der Waals surface area contributed by atoms with Crippen molar-refractivity contribution in [3.63, 3.8) is 0 Å². The van der Waals surface area contributed by atoms with E-state index < -0.39 is 5.91 Å². The Hall–Kier alpha value is -2.97. The number of amides is 1. The van der Waals surface area contributed by atoms with E-state index in [1.807, 2.05) is 13.0 Å². The molecule has 0 bridgehead atoms. The first kappa shape index (κ1) is 21.3. The van der Waals surface area contributed by atoms with Crippen LogP contribution in [0.5, 0.6) is 11.5 Å². The summed E-state index contributed by atoms with van der Waals surface area (Å²) in [7, 11) is 0. The molecular weight excluding hydrogens is 376 g/mol. The average molecular weight is 399 g/mol. The molecule has 1 N–H and O–H groups in total. The molecule has 0 aliphatic rings. The Kier molecular flexibility index (Phi) is 8.38. The molecule has 1 amide bonds. The number of nitriles is 1. The van der Waals surface area contributed by atoms with Gasteiger partial charge in [0.05, 0.1) is 13.2 Å². The monoisotopic (exact) mass is 398 g/mol. The van der Waals surface area contributed by atoms with Crippen LogP contribution in [0.15, 0.2) is 48.0 Å². The van der Waals surface area contributed by atoms with E-state index in [1.54, 1.807) is 42.5 Å². The number of rotatable bonds is 9. The summed E-state index contributed by atoms with van der Waals surface area (Å²) in [5, 5.41) is 12.6. The van der Waals surface area contributed by atoms with Gasteiger partial charge in [-0.1, -0.05) is 37.1 Å². The maximum absolute atomic E-state index is 12.4. The van der Waals surface area contributed by atoms with E-state index in [0.29, 0.717) is 41.0 Å². The summed E-state index contributed by atoms with van der Waals surface area (Å²) in [5.74, 6) is 0.722. The molecule has 28 heavy (non-hydrogen) atoms. The highest BCUT2D eigenvalue weighted by molar-refractivity contribution is 6.31. The van der Waals surface area contributed by atoms with E-state index >= 15 is 0 Å². The van der Waals surface area contributed by atoms with Gasteiger partial charge in [-0.15, -0.1) is 0 Å². The Bertz CT molecular complexity index is 888. The van der Waals surface area contributed by atoms with Gasteiger partial charge in [0, 0.05) is 10.7 Å². The van der Waals surface area contributed by atoms with E-state index in [1.165, 1.54) is 6.08 Å². The van der Waals surface area contributed by atoms with Crippen molar-refractivity contribution in [1.29, 1.82) is 5.26 Å². The number of hydrogen-bond donors (Lipinski definition) is 1. The highest BCUT2D eigenvalue weighted by Gasteiger charge is 2.11. The maximum atomic E-state index is 12.4. The molecule has 0 saturated heterocycles. The zero-order chi connectivity index (χ0) is 20.4. The molecular formula is C22H23ClN2O3. The van der Waals surface area contributed by atoms with Gasteiger partial charge in [0.1, 0.15) is 11.6 Å². The largest absolute Gasteiger partial charge is 0.490 e. The van der Waals surface area contributed by atoms with Gasteiger partial charge in [-0.2, -0.15) is 5.26 Å². The van der Waals surface area contributed by atoms with Crippen LogP contribution >= 0.6 is 11.6 Å². The number of carbonyl (C=O) groups excluding carboxylic acids is 1. The summed E-state index contributed by atoms with van der Waals surface area (Å²) in [5.41, 5.74) is 1.17. The first-order valence-electron chi connectivity index (χ1n) is 9.15. The van der Waals surface area contributed by atoms with Crippen molar-refractivity contribution in [2.45, 2.75) is 26.7 Å². The van der Waals surface area contributed by atoms with Gasteiger partial charge in [0.25, 0.3) is 5.91 Å². The van der Waals surface area contributed by atoms with Crippen LogP contribution in [-0.2, 0) is 4.79 Å². The lowest BCUT2D eigenvalue weighted by Gasteiger charge is -2.12. The molecule has 2 aromatic rings. The van der Waals surface area contributed by atoms with Crippen molar-refractivity contribution in [2.24, 2.45) is 0 Å². The first-order valence-corrected chi connectivity index (χ1v) is 9.53. The fourth-order valence-electron chi connectivity index (χ4n) is 2.41. The number of benzene rings is 2. The van der Waals surface area contributed by atoms with E-state index in [2.05, 4.69) is 12.2 Å². The van der Waals surface area contributed by atoms with Gasteiger partial charge in [-0.25, -0.2) is 0 Å². The van der Waals surface area contributed by atoms with Crippen LogP contribution in [0.4, 0.5) is 5.69 Å². The third-order valence-electron chi connectivity index (χ3n) is 3.78. The predicted octanol–water partition coefficient (Wildman–Crippen LogP) is 5.46. The number of unbranched alkanes of at least 4 members (excludes halogenated alkanes) is 1. The molecule has 0 aliphatic heterocycles. The van der Waals surface area contributed by atoms with E-state index in [0.717, 1.165) is 12.8 Å². The van der Waals surface area contributed by atoms with Gasteiger partial charge in [-0.05, 0) is 55.3 Å². The molecule has 0 radical (unpaired) electrons. The van der Waals surface area contributed by atoms with E-state index in [-0.39, 0.29) is 5.57 Å². The van der Waals surface area contributed by atoms with Crippen LogP contribution < -0.4 is 14.8 Å². The van der Waals surface area contributed by atoms with Crippen molar-refractivity contribution in [3.05, 3.63) is 58.6 Å². The number of hydrogen-bond acceptors (Lipinski definition) is 4. The molecule has 2 rings (SSSR count). The summed E-state index contributed by atoms with van der Waals surface area (Å²) in [6.45, 7) is 5.07. The third kappa shape index (κ3) is 6.33. The van der Waals surface area contributed by atoms with Crippen LogP contribution in [0.1, 0.15) is 32.3 Å². The number of ether oxygens (including phenoxy) is 2. The second-order valence-corrected chi connectivity index (χ2v) is 6.41. The third-order valence-corrected chi connectivity index (χ3v) is 4.02. The van der Waals surface area contributed by atoms with Gasteiger partial charge >= 0.3 is 0 Å². The Morgan fingerprint density at radius 2 is 2.00 bits per heavy atom. The standard InChI is InChI=1S/C22H23ClN2O3/c1-3-5-11-28-20-10-9-16(13-21(20)27-4-2)12-17(15-24)22(26)25-19-8-6-7-18(23)14-19/h6-10,12-14H,3-5,11H2,1-2H3,(H,25,26). The molecule has 0 spiro atoms. The summed E-state index contributed by atoms with van der Waals surface area (Å²) in [4.78, 5) is 12.4. The van der Waals surface area contributed by atoms with Gasteiger partial charge in [-0.3, -0.25) is 4.79 Å². The van der Waals surface area contributed by atoms with Crippen LogP contribution in [0, 0.1) is 11.3 Å². The number of nitrogens with zero attached hydrogens (tertiary/aromatic N) is 1. The van der Waals surface area contributed by atoms with Crippen molar-refractivity contribution in [2.75, 3.05) is 18.5 Å². The molecule has 0 unspecified atom stereocenters. The minimum atomic E-state index is -0.508. The van der Waals surface area contributed by atoms with Crippen LogP contribution in [-0.4, -0.2) is 19.1 Å². The van der Waals surface area contributed by atoms with Gasteiger partial charge in [0.2, 0.25) is 0 Å². The molecule has 0 heterocycles. The number of halogens is 1. The Labute approximate surface area is 170 Å². The average Bonchev–Trinajstić information content (AvgIpc) is 2.68. The number of carbonyl (C=O) groups is 1. The van der Waals surface area contributed by atoms with Gasteiger partial charge in [0.15, 0.2) is 11.5 Å². The van der Waals surface area contributed by atoms with Crippen LogP contribution in [0.3, 0.4) is 0 Å². The van der Waals surface area contributed by atoms with E-state index in [9.17, 15) is 10.1 Å². The Morgan fingerprint density at radius 1 is 1.18 bits per heavy atom. The first-order chi connectivity index (χ1) is 13.6. The smallest absolute Gasteiger partial charge is 0.266 e. The molecule has 0 aromatic heterocycles. The zero-order valence-electron chi connectivity index (χ0n) is 16.0. The molecule has 5 nitrogen and oxygen atoms in total. The molecule has 2 aromatic carbocycles. The fourth-order valence-corrected chi connectivity index (χ4v) is 2.60. The topological polar surface area (TPSA) is 71.3 Å². The minimum absolute atomic E-state index is 0.0259. The predicted molar refractivity (Wildman–Crippen MR) is 112 cm³/mol. The molecule has 0 atom stereocenters. The van der Waals surface area contributed by atoms with Crippen molar-refractivity contribution >= 4 is 29.3 Å². The van der Waals surface area contributed by atoms with Crippen molar-refractivity contribution < 1.29 is 14.3 Å². The lowest BCUT2D eigenvalue weighted by atomic mass is 10.1. The molecule has 0 saturated carbocycles. The molecule has 0 fully saturated rings. The van der Waals surface area contributed by atoms with Crippen LogP contribution in [0.2, 0.25) is 5.02 Å². The second kappa shape index (κ2) is 11.0. The highest BCUT2D eigenvalue weighted by Crippen LogP contribution is 2.29. The van der Waals surface area contributed by atoms with E-state index in [4.69, 9.17) is 21.1 Å². The Morgan fingerprint density at radius 3 is 2.68 bits per heavy atom. The molecule has 146 valence electrons. The SMILES string of the molecule is CCCCOc1ccc(C=C(C#N)C(=O)Nc2cccc(Cl)c2)cc1OCC. The molecule has 0 aliphatic carbocycles. The highest BCUT2D eigenvalue weighted by atomic mass is 35.5. The number of anilines is 1. The molecule has 6 heteroatoms. The Balaban J connectivity index is 2.21. The van der Waals surface area contributed by atoms with Gasteiger partial charge < -0.3 is 14.8 Å². The summed E-state index contributed by atoms with van der Waals surface area (Å²) >= 11 is 5.92. The second-order valence-electron chi connectivity index (χ2n) is 5.98. The summed E-state index contributed by atoms with van der Waals surface area (Å²) in [6.07, 6.45) is 3.51. The van der Waals surface area contributed by atoms with Crippen LogP contribution in [0.25, 0.3) is 6.08 Å². The minimum Gasteiger partial charge on any atom is -0.490 e. The van der Waals surface area contributed by atoms with Crippen molar-refractivity contribution in [3.8, 4) is 17.6 Å². The quantitative estimate of drug-likeness (QED) is 0.345. The number of nitrogens with one attached hydrogen (secondary N) is 1.